The van der Waals surface area contributed by atoms with Crippen molar-refractivity contribution < 1.29 is 8.78 Å². The van der Waals surface area contributed by atoms with Crippen LogP contribution in [0.3, 0.4) is 0 Å². The molecule has 1 atom stereocenters. The minimum Gasteiger partial charge on any atom is -0.373 e. The molecule has 1 N–H and O–H groups in total. The molecule has 0 amide bonds. The first-order chi connectivity index (χ1) is 9.54. The predicted octanol–water partition coefficient (Wildman–Crippen LogP) is 5.59. The Balaban J connectivity index is 1.91. The number of nitrogens with one attached hydrogen (secondary N) is 1. The fourth-order valence-electron chi connectivity index (χ4n) is 2.59. The molecule has 1 nitrogen and oxygen atoms in total. The molecule has 1 aliphatic rings. The minimum absolute atomic E-state index is 0.0525. The van der Waals surface area contributed by atoms with E-state index in [0.717, 1.165) is 22.9 Å². The molecule has 2 aromatic carbocycles. The van der Waals surface area contributed by atoms with E-state index in [9.17, 15) is 8.78 Å². The SMILES string of the molecule is Fc1cc(Br)cc(F)c1NC1CCc2cc(Br)ccc21. The molecule has 0 heterocycles. The normalized spacial score (nSPS) is 17.1. The highest BCUT2D eigenvalue weighted by molar-refractivity contribution is 9.10. The maximum Gasteiger partial charge on any atom is 0.150 e. The zero-order valence-corrected chi connectivity index (χ0v) is 13.6. The minimum atomic E-state index is -0.581. The van der Waals surface area contributed by atoms with E-state index in [0.29, 0.717) is 4.47 Å². The van der Waals surface area contributed by atoms with Crippen molar-refractivity contribution in [3.05, 3.63) is 62.0 Å². The molecule has 20 heavy (non-hydrogen) atoms. The maximum atomic E-state index is 13.9. The Hall–Kier alpha value is -0.940. The van der Waals surface area contributed by atoms with Crippen molar-refractivity contribution >= 4 is 37.5 Å². The Morgan fingerprint density at radius 3 is 2.40 bits per heavy atom. The van der Waals surface area contributed by atoms with E-state index in [1.165, 1.54) is 17.7 Å². The summed E-state index contributed by atoms with van der Waals surface area (Å²) in [5.74, 6) is -1.16. The Morgan fingerprint density at radius 2 is 1.70 bits per heavy atom. The maximum absolute atomic E-state index is 13.9. The number of aryl methyl sites for hydroxylation is 1. The zero-order valence-electron chi connectivity index (χ0n) is 10.4. The molecular weight excluding hydrogens is 392 g/mol. The highest BCUT2D eigenvalue weighted by Crippen LogP contribution is 2.36. The molecule has 0 spiro atoms. The number of hydrogen-bond donors (Lipinski definition) is 1. The quantitative estimate of drug-likeness (QED) is 0.690. The van der Waals surface area contributed by atoms with Crippen molar-refractivity contribution in [2.45, 2.75) is 18.9 Å². The molecule has 3 rings (SSSR count). The Bertz CT molecular complexity index is 650. The number of rotatable bonds is 2. The fourth-order valence-corrected chi connectivity index (χ4v) is 3.40. The average molecular weight is 403 g/mol. The molecule has 1 aliphatic carbocycles. The smallest absolute Gasteiger partial charge is 0.150 e. The van der Waals surface area contributed by atoms with Crippen molar-refractivity contribution in [3.8, 4) is 0 Å². The van der Waals surface area contributed by atoms with Crippen LogP contribution in [-0.2, 0) is 6.42 Å². The first kappa shape index (κ1) is 14.0. The van der Waals surface area contributed by atoms with E-state index >= 15 is 0 Å². The number of hydrogen-bond acceptors (Lipinski definition) is 1. The van der Waals surface area contributed by atoms with Crippen LogP contribution >= 0.6 is 31.9 Å². The van der Waals surface area contributed by atoms with Crippen LogP contribution < -0.4 is 5.32 Å². The molecular formula is C15H11Br2F2N. The summed E-state index contributed by atoms with van der Waals surface area (Å²) in [5.41, 5.74) is 2.26. The van der Waals surface area contributed by atoms with E-state index in [4.69, 9.17) is 0 Å². The molecule has 0 bridgehead atoms. The summed E-state index contributed by atoms with van der Waals surface area (Å²) in [7, 11) is 0. The van der Waals surface area contributed by atoms with Gasteiger partial charge in [0, 0.05) is 8.95 Å². The standard InChI is InChI=1S/C15H11Br2F2N/c16-9-2-3-11-8(5-9)1-4-14(11)20-15-12(18)6-10(17)7-13(15)19/h2-3,5-7,14,20H,1,4H2. The van der Waals surface area contributed by atoms with E-state index < -0.39 is 11.6 Å². The van der Waals surface area contributed by atoms with Crippen LogP contribution in [-0.4, -0.2) is 0 Å². The second-order valence-electron chi connectivity index (χ2n) is 4.82. The van der Waals surface area contributed by atoms with E-state index in [1.807, 2.05) is 12.1 Å². The van der Waals surface area contributed by atoms with Gasteiger partial charge in [0.25, 0.3) is 0 Å². The van der Waals surface area contributed by atoms with E-state index in [-0.39, 0.29) is 11.7 Å². The summed E-state index contributed by atoms with van der Waals surface area (Å²) in [6.07, 6.45) is 1.74. The third kappa shape index (κ3) is 2.61. The molecule has 0 saturated heterocycles. The largest absolute Gasteiger partial charge is 0.373 e. The lowest BCUT2D eigenvalue weighted by Crippen LogP contribution is -2.10. The van der Waals surface area contributed by atoms with E-state index in [2.05, 4.69) is 43.2 Å². The van der Waals surface area contributed by atoms with Crippen molar-refractivity contribution in [1.29, 1.82) is 0 Å². The first-order valence-electron chi connectivity index (χ1n) is 6.24. The highest BCUT2D eigenvalue weighted by Gasteiger charge is 2.24. The summed E-state index contributed by atoms with van der Waals surface area (Å²) in [6.45, 7) is 0. The molecule has 5 heteroatoms. The zero-order chi connectivity index (χ0) is 14.3. The average Bonchev–Trinajstić information content (AvgIpc) is 2.76. The second-order valence-corrected chi connectivity index (χ2v) is 6.65. The van der Waals surface area contributed by atoms with Gasteiger partial charge in [-0.2, -0.15) is 0 Å². The summed E-state index contributed by atoms with van der Waals surface area (Å²) < 4.78 is 29.2. The highest BCUT2D eigenvalue weighted by atomic mass is 79.9. The van der Waals surface area contributed by atoms with Crippen LogP contribution in [0.4, 0.5) is 14.5 Å². The monoisotopic (exact) mass is 401 g/mol. The summed E-state index contributed by atoms with van der Waals surface area (Å²) in [5, 5.41) is 2.99. The summed E-state index contributed by atoms with van der Waals surface area (Å²) in [4.78, 5) is 0. The van der Waals surface area contributed by atoms with Crippen LogP contribution in [0.5, 0.6) is 0 Å². The van der Waals surface area contributed by atoms with E-state index in [1.54, 1.807) is 0 Å². The van der Waals surface area contributed by atoms with Crippen molar-refractivity contribution in [2.75, 3.05) is 5.32 Å². The fraction of sp³-hybridized carbons (Fsp3) is 0.200. The molecule has 104 valence electrons. The number of halogens is 4. The third-order valence-electron chi connectivity index (χ3n) is 3.51. The van der Waals surface area contributed by atoms with Gasteiger partial charge < -0.3 is 5.32 Å². The molecule has 0 saturated carbocycles. The molecule has 2 aromatic rings. The summed E-state index contributed by atoms with van der Waals surface area (Å²) >= 11 is 6.52. The Kier molecular flexibility index (Phi) is 3.82. The molecule has 0 aliphatic heterocycles. The van der Waals surface area contributed by atoms with Crippen molar-refractivity contribution in [2.24, 2.45) is 0 Å². The van der Waals surface area contributed by atoms with Gasteiger partial charge >= 0.3 is 0 Å². The van der Waals surface area contributed by atoms with Crippen LogP contribution in [0.2, 0.25) is 0 Å². The molecule has 0 fully saturated rings. The lowest BCUT2D eigenvalue weighted by molar-refractivity contribution is 0.580. The first-order valence-corrected chi connectivity index (χ1v) is 7.82. The molecule has 1 unspecified atom stereocenters. The lowest BCUT2D eigenvalue weighted by atomic mass is 10.1. The summed E-state index contributed by atoms with van der Waals surface area (Å²) in [6, 6.07) is 8.49. The van der Waals surface area contributed by atoms with Gasteiger partial charge in [-0.3, -0.25) is 0 Å². The number of fused-ring (bicyclic) bond motifs is 1. The Morgan fingerprint density at radius 1 is 1.00 bits per heavy atom. The van der Waals surface area contributed by atoms with Gasteiger partial charge in [0.2, 0.25) is 0 Å². The van der Waals surface area contributed by atoms with Crippen LogP contribution in [0, 0.1) is 11.6 Å². The van der Waals surface area contributed by atoms with Crippen molar-refractivity contribution in [3.63, 3.8) is 0 Å². The van der Waals surface area contributed by atoms with Crippen LogP contribution in [0.15, 0.2) is 39.3 Å². The van der Waals surface area contributed by atoms with Crippen LogP contribution in [0.1, 0.15) is 23.6 Å². The van der Waals surface area contributed by atoms with Gasteiger partial charge in [-0.15, -0.1) is 0 Å². The second kappa shape index (κ2) is 5.45. The van der Waals surface area contributed by atoms with Crippen molar-refractivity contribution in [1.82, 2.24) is 0 Å². The lowest BCUT2D eigenvalue weighted by Gasteiger charge is -2.17. The van der Waals surface area contributed by atoms with Gasteiger partial charge in [-0.05, 0) is 48.2 Å². The van der Waals surface area contributed by atoms with Gasteiger partial charge in [-0.1, -0.05) is 37.9 Å². The number of anilines is 1. The van der Waals surface area contributed by atoms with Crippen LogP contribution in [0.25, 0.3) is 0 Å². The van der Waals surface area contributed by atoms with Gasteiger partial charge in [0.15, 0.2) is 0 Å². The predicted molar refractivity (Wildman–Crippen MR) is 82.9 cm³/mol. The van der Waals surface area contributed by atoms with Gasteiger partial charge in [-0.25, -0.2) is 8.78 Å². The van der Waals surface area contributed by atoms with Gasteiger partial charge in [0.05, 0.1) is 6.04 Å². The topological polar surface area (TPSA) is 12.0 Å². The molecule has 0 radical (unpaired) electrons. The third-order valence-corrected chi connectivity index (χ3v) is 4.46. The Labute approximate surface area is 132 Å². The number of benzene rings is 2. The van der Waals surface area contributed by atoms with Gasteiger partial charge in [0.1, 0.15) is 17.3 Å². The molecule has 0 aromatic heterocycles.